The molecule has 5 unspecified atom stereocenters. The maximum atomic E-state index is 11.1. The summed E-state index contributed by atoms with van der Waals surface area (Å²) in [7, 11) is -16.1. The highest BCUT2D eigenvalue weighted by molar-refractivity contribution is 7.91. The van der Waals surface area contributed by atoms with Crippen LogP contribution in [0, 0.1) is 0 Å². The number of quaternary nitrogens is 2. The van der Waals surface area contributed by atoms with E-state index in [1.807, 2.05) is 47.8 Å². The maximum Gasteiger partial charge on any atom is 0.427 e. The molecule has 3 fully saturated rings. The summed E-state index contributed by atoms with van der Waals surface area (Å²) in [5.74, 6) is -3.95. The quantitative estimate of drug-likeness (QED) is 0.132. The predicted octanol–water partition coefficient (Wildman–Crippen LogP) is -1.84. The molecule has 5 aromatic rings. The molecule has 3 aromatic heterocycles. The van der Waals surface area contributed by atoms with Crippen LogP contribution in [-0.4, -0.2) is 142 Å². The zero-order valence-corrected chi connectivity index (χ0v) is 59.5. The number of carbonyl (C=O) groups is 3. The summed E-state index contributed by atoms with van der Waals surface area (Å²) in [5.41, 5.74) is 4.59. The van der Waals surface area contributed by atoms with Gasteiger partial charge >= 0.3 is 41.2 Å². The van der Waals surface area contributed by atoms with Crippen molar-refractivity contribution in [3.05, 3.63) is 197 Å². The number of allylic oxidation sites excluding steroid dienone is 4. The first-order chi connectivity index (χ1) is 46.8. The predicted molar refractivity (Wildman–Crippen MR) is 351 cm³/mol. The normalized spacial score (nSPS) is 23.4. The van der Waals surface area contributed by atoms with Gasteiger partial charge in [-0.05, 0) is 108 Å². The van der Waals surface area contributed by atoms with Gasteiger partial charge in [-0.2, -0.15) is 46.5 Å². The van der Waals surface area contributed by atoms with Crippen molar-refractivity contribution >= 4 is 96.7 Å². The molecule has 0 radical (unpaired) electrons. The lowest BCUT2D eigenvalue weighted by atomic mass is 10.1. The Labute approximate surface area is 579 Å². The van der Waals surface area contributed by atoms with E-state index in [4.69, 9.17) is 0 Å². The smallest absolute Gasteiger partial charge is 0.427 e. The SMILES string of the molecule is CC1=CC(=O)NS(=O)(=O)O1.CC1=CC(=O)NS(=O)(=O)O1.CC1=CC([O-])=NS(=O)(=O)O1.CC1=CC([O-])=NS(=O)(=O)O1.CN1CCCC1c1cccnc1.C[NH+]1CCCC1c1ccc[nH+]c1.C[NH+]1CCCC1c1cccnc1.O=C1NS(=O)(=O)c2ccccc21.O=S1(=O)N=C([O-])c2ccccc21. The Morgan fingerprint density at radius 2 is 0.980 bits per heavy atom. The van der Waals surface area contributed by atoms with Crippen LogP contribution in [0.1, 0.15) is 117 Å². The van der Waals surface area contributed by atoms with Crippen molar-refractivity contribution in [2.75, 3.05) is 40.8 Å². The molecule has 0 aliphatic carbocycles. The molecule has 14 rings (SSSR count). The zero-order chi connectivity index (χ0) is 73.8. The van der Waals surface area contributed by atoms with E-state index in [9.17, 15) is 80.2 Å². The molecule has 9 aliphatic rings. The second kappa shape index (κ2) is 35.0. The minimum absolute atomic E-state index is 0.00926. The Morgan fingerprint density at radius 3 is 1.37 bits per heavy atom. The number of aromatic nitrogens is 3. The molecule has 540 valence electrons. The molecule has 12 heterocycles. The summed E-state index contributed by atoms with van der Waals surface area (Å²) in [6.45, 7) is 9.35. The summed E-state index contributed by atoms with van der Waals surface area (Å²) in [5, 5.41) is 31.7. The molecule has 40 heteroatoms. The van der Waals surface area contributed by atoms with Crippen LogP contribution < -0.4 is 44.3 Å². The lowest BCUT2D eigenvalue weighted by molar-refractivity contribution is -0.898. The van der Waals surface area contributed by atoms with Crippen molar-refractivity contribution in [3.63, 3.8) is 0 Å². The van der Waals surface area contributed by atoms with Gasteiger partial charge in [0.1, 0.15) is 40.0 Å². The lowest BCUT2D eigenvalue weighted by Gasteiger charge is -2.18. The number of H-pyrrole nitrogens is 1. The van der Waals surface area contributed by atoms with Gasteiger partial charge < -0.3 is 41.9 Å². The van der Waals surface area contributed by atoms with E-state index in [0.717, 1.165) is 30.3 Å². The van der Waals surface area contributed by atoms with Crippen molar-refractivity contribution in [3.8, 4) is 0 Å². The van der Waals surface area contributed by atoms with E-state index in [2.05, 4.69) is 101 Å². The number of carbonyl (C=O) groups excluding carboxylic acids is 3. The van der Waals surface area contributed by atoms with Gasteiger partial charge in [-0.3, -0.25) is 29.3 Å². The molecule has 34 nitrogen and oxygen atoms in total. The third-order valence-electron chi connectivity index (χ3n) is 14.5. The minimum Gasteiger partial charge on any atom is -0.858 e. The number of likely N-dealkylation sites (tertiary alicyclic amines) is 3. The van der Waals surface area contributed by atoms with Crippen LogP contribution in [0.25, 0.3) is 0 Å². The molecular weight excluding hydrogens is 1430 g/mol. The van der Waals surface area contributed by atoms with Crippen LogP contribution in [0.5, 0.6) is 0 Å². The number of hydrogen-bond donors (Lipinski definition) is 5. The van der Waals surface area contributed by atoms with Crippen molar-refractivity contribution in [1.29, 1.82) is 0 Å². The summed E-state index contributed by atoms with van der Waals surface area (Å²) >= 11 is 0. The summed E-state index contributed by atoms with van der Waals surface area (Å²) in [6.07, 6.45) is 23.8. The highest BCUT2D eigenvalue weighted by atomic mass is 32.3. The van der Waals surface area contributed by atoms with Gasteiger partial charge in [-0.1, -0.05) is 42.5 Å². The average molecular weight is 1510 g/mol. The number of rotatable bonds is 3. The molecule has 2 aromatic carbocycles. The minimum atomic E-state index is -3.97. The molecule has 3 amide bonds. The standard InChI is InChI=1S/3C10H14N2.2C7H5NO3S.4C4H5NO4S/c3*1-12-7-3-5-10(12)9-4-2-6-11-8-9;2*9-7-5-3-1-2-4-6(5)12(10,11)8-7;4*1-3-2-4(6)5-10(7,8)9-3/h3*2,4,6,8,10H,3,5,7H2,1H3;2*1-4H,(H,8,9);4*2H,1H3,(H,5,6). The highest BCUT2D eigenvalue weighted by Crippen LogP contribution is 2.30. The van der Waals surface area contributed by atoms with Gasteiger partial charge in [-0.15, -0.1) is 8.80 Å². The first-order valence-corrected chi connectivity index (χ1v) is 38.4. The average Bonchev–Trinajstić information content (AvgIpc) is 1.64. The lowest BCUT2D eigenvalue weighted by Crippen LogP contribution is -3.07. The van der Waals surface area contributed by atoms with E-state index < -0.39 is 96.7 Å². The number of hydrogen-bond acceptors (Lipinski definition) is 25. The third-order valence-corrected chi connectivity index (χ3v) is 20.8. The van der Waals surface area contributed by atoms with Gasteiger partial charge in [0.25, 0.3) is 37.8 Å². The van der Waals surface area contributed by atoms with E-state index in [0.29, 0.717) is 12.1 Å². The van der Waals surface area contributed by atoms with Crippen molar-refractivity contribution in [2.24, 2.45) is 13.2 Å². The monoisotopic (exact) mass is 1500 g/mol. The third kappa shape index (κ3) is 25.0. The Hall–Kier alpha value is -9.55. The Kier molecular flexibility index (Phi) is 27.8. The van der Waals surface area contributed by atoms with Crippen LogP contribution in [-0.2, 0) is 87.6 Å². The molecule has 9 aliphatic heterocycles. The molecule has 5 atom stereocenters. The van der Waals surface area contributed by atoms with Crippen LogP contribution >= 0.6 is 0 Å². The number of benzene rings is 2. The van der Waals surface area contributed by atoms with Crippen LogP contribution in [0.15, 0.2) is 192 Å². The Bertz CT molecular complexity index is 4440. The number of aromatic amines is 1. The number of sulfonamides is 2. The van der Waals surface area contributed by atoms with Crippen molar-refractivity contribution in [1.82, 2.24) is 29.0 Å². The van der Waals surface area contributed by atoms with Gasteiger partial charge in [0, 0.05) is 104 Å². The molecule has 3 saturated heterocycles. The number of amides is 3. The fourth-order valence-electron chi connectivity index (χ4n) is 10.4. The molecule has 100 heavy (non-hydrogen) atoms. The number of fused-ring (bicyclic) bond motifs is 2. The number of nitrogens with zero attached hydrogens (tertiary/aromatic N) is 6. The van der Waals surface area contributed by atoms with Crippen LogP contribution in [0.3, 0.4) is 0 Å². The zero-order valence-electron chi connectivity index (χ0n) is 54.6. The maximum absolute atomic E-state index is 11.1. The Morgan fingerprint density at radius 1 is 0.520 bits per heavy atom. The largest absolute Gasteiger partial charge is 0.858 e. The van der Waals surface area contributed by atoms with Gasteiger partial charge in [-0.25, -0.2) is 27.6 Å². The van der Waals surface area contributed by atoms with E-state index in [-0.39, 0.29) is 44.0 Å². The van der Waals surface area contributed by atoms with Gasteiger partial charge in [0.05, 0.1) is 43.2 Å². The topological polar surface area (TPSA) is 487 Å². The van der Waals surface area contributed by atoms with Gasteiger partial charge in [0.2, 0.25) is 0 Å². The molecule has 0 spiro atoms. The molecule has 0 saturated carbocycles. The molecule has 6 N–H and O–H groups in total. The fraction of sp³-hybridized carbons (Fsp3) is 0.317. The van der Waals surface area contributed by atoms with Gasteiger partial charge in [0.15, 0.2) is 12.4 Å². The molecular formula is C60H72N12O22S6. The van der Waals surface area contributed by atoms with Crippen LogP contribution in [0.2, 0.25) is 0 Å². The second-order valence-corrected chi connectivity index (χ2v) is 30.5. The summed E-state index contributed by atoms with van der Waals surface area (Å²) < 4.78 is 158. The highest BCUT2D eigenvalue weighted by Gasteiger charge is 2.32. The summed E-state index contributed by atoms with van der Waals surface area (Å²) in [4.78, 5) is 49.1. The second-order valence-electron chi connectivity index (χ2n) is 22.3. The first kappa shape index (κ1) is 79.4. The van der Waals surface area contributed by atoms with E-state index in [1.54, 1.807) is 43.5 Å². The Balaban J connectivity index is 0.000000177. The first-order valence-electron chi connectivity index (χ1n) is 29.9. The number of pyridine rings is 3. The van der Waals surface area contributed by atoms with E-state index in [1.165, 1.54) is 127 Å². The van der Waals surface area contributed by atoms with Crippen LogP contribution in [0.4, 0.5) is 0 Å². The number of nitrogens with one attached hydrogen (secondary N) is 6. The van der Waals surface area contributed by atoms with E-state index >= 15 is 0 Å². The summed E-state index contributed by atoms with van der Waals surface area (Å²) in [6, 6.07) is 26.8. The fourth-order valence-corrected chi connectivity index (χ4v) is 15.5. The van der Waals surface area contributed by atoms with Crippen molar-refractivity contribution < 1.29 is 112 Å². The molecule has 0 bridgehead atoms. The van der Waals surface area contributed by atoms with Crippen molar-refractivity contribution in [2.45, 2.75) is 94.1 Å².